The van der Waals surface area contributed by atoms with Crippen LogP contribution in [-0.2, 0) is 14.3 Å². The highest BCUT2D eigenvalue weighted by molar-refractivity contribution is 5.99. The Balaban J connectivity index is 2.33. The van der Waals surface area contributed by atoms with Crippen molar-refractivity contribution in [2.45, 2.75) is 38.5 Å². The van der Waals surface area contributed by atoms with Crippen LogP contribution in [0.5, 0.6) is 0 Å². The summed E-state index contributed by atoms with van der Waals surface area (Å²) in [5, 5.41) is 12.6. The summed E-state index contributed by atoms with van der Waals surface area (Å²) in [7, 11) is 0. The Labute approximate surface area is 87.8 Å². The Kier molecular flexibility index (Phi) is 2.05. The van der Waals surface area contributed by atoms with E-state index in [2.05, 4.69) is 5.32 Å². The summed E-state index contributed by atoms with van der Waals surface area (Å²) in [5.74, 6) is -1.24. The van der Waals surface area contributed by atoms with Gasteiger partial charge in [0.05, 0.1) is 12.0 Å². The molecule has 2 saturated heterocycles. The van der Waals surface area contributed by atoms with Crippen molar-refractivity contribution in [3.63, 3.8) is 0 Å². The molecule has 0 aliphatic carbocycles. The number of aliphatic hydroxyl groups excluding tert-OH is 1. The molecule has 5 nitrogen and oxygen atoms in total. The van der Waals surface area contributed by atoms with Gasteiger partial charge in [0.1, 0.15) is 6.10 Å². The second kappa shape index (κ2) is 2.95. The number of hydrogen-bond donors (Lipinski definition) is 2. The minimum absolute atomic E-state index is 0.106. The summed E-state index contributed by atoms with van der Waals surface area (Å²) in [6.07, 6.45) is -1.41. The average Bonchev–Trinajstić information content (AvgIpc) is 2.37. The van der Waals surface area contributed by atoms with Gasteiger partial charge in [-0.3, -0.25) is 4.79 Å². The van der Waals surface area contributed by atoms with Crippen molar-refractivity contribution in [3.05, 3.63) is 0 Å². The van der Waals surface area contributed by atoms with Crippen molar-refractivity contribution >= 4 is 11.9 Å². The monoisotopic (exact) mass is 213 g/mol. The van der Waals surface area contributed by atoms with Gasteiger partial charge in [0.15, 0.2) is 0 Å². The number of fused-ring (bicyclic) bond motifs is 1. The molecule has 3 unspecified atom stereocenters. The van der Waals surface area contributed by atoms with Crippen LogP contribution in [0.1, 0.15) is 20.8 Å². The van der Waals surface area contributed by atoms with Gasteiger partial charge in [-0.15, -0.1) is 0 Å². The zero-order valence-corrected chi connectivity index (χ0v) is 8.98. The summed E-state index contributed by atoms with van der Waals surface area (Å²) in [6, 6.07) is 0. The van der Waals surface area contributed by atoms with Gasteiger partial charge in [-0.05, 0) is 12.8 Å². The van der Waals surface area contributed by atoms with Crippen LogP contribution >= 0.6 is 0 Å². The fourth-order valence-corrected chi connectivity index (χ4v) is 2.33. The number of amides is 1. The molecule has 0 radical (unpaired) electrons. The normalized spacial score (nSPS) is 40.6. The van der Waals surface area contributed by atoms with Crippen LogP contribution in [0.4, 0.5) is 0 Å². The topological polar surface area (TPSA) is 75.6 Å². The average molecular weight is 213 g/mol. The maximum atomic E-state index is 11.5. The molecule has 0 aromatic rings. The number of nitrogens with one attached hydrogen (secondary N) is 1. The Morgan fingerprint density at radius 2 is 2.07 bits per heavy atom. The van der Waals surface area contributed by atoms with Crippen LogP contribution < -0.4 is 5.32 Å². The minimum Gasteiger partial charge on any atom is -0.456 e. The number of esters is 1. The van der Waals surface area contributed by atoms with Crippen molar-refractivity contribution in [1.82, 2.24) is 5.32 Å². The van der Waals surface area contributed by atoms with Crippen molar-refractivity contribution < 1.29 is 19.4 Å². The molecular formula is C10H15NO4. The number of aliphatic hydroxyl groups is 1. The first-order valence-electron chi connectivity index (χ1n) is 5.12. The molecule has 1 amide bonds. The molecule has 0 bridgehead atoms. The standard InChI is InChI=1S/C10H15NO4/c1-4(2)6(12)10-7(15-9(10)14)5(3)8(13)11-10/h4-7,12H,1-3H3,(H,11,13)/t5-,6?,7?,10?/m0/s1. The number of ether oxygens (including phenoxy) is 1. The summed E-state index contributed by atoms with van der Waals surface area (Å²) >= 11 is 0. The van der Waals surface area contributed by atoms with Gasteiger partial charge >= 0.3 is 5.97 Å². The maximum absolute atomic E-state index is 11.5. The Morgan fingerprint density at radius 1 is 1.47 bits per heavy atom. The summed E-state index contributed by atoms with van der Waals surface area (Å²) in [6.45, 7) is 5.30. The number of carbonyl (C=O) groups excluding carboxylic acids is 2. The fraction of sp³-hybridized carbons (Fsp3) is 0.800. The van der Waals surface area contributed by atoms with Crippen molar-refractivity contribution in [2.24, 2.45) is 11.8 Å². The summed E-state index contributed by atoms with van der Waals surface area (Å²) in [5.41, 5.74) is -1.19. The zero-order chi connectivity index (χ0) is 11.4. The van der Waals surface area contributed by atoms with Gasteiger partial charge in [-0.25, -0.2) is 4.79 Å². The van der Waals surface area contributed by atoms with Crippen LogP contribution in [0.2, 0.25) is 0 Å². The van der Waals surface area contributed by atoms with Gasteiger partial charge < -0.3 is 15.2 Å². The van der Waals surface area contributed by atoms with Crippen LogP contribution in [-0.4, -0.2) is 34.7 Å². The largest absolute Gasteiger partial charge is 0.456 e. The molecule has 84 valence electrons. The first-order valence-corrected chi connectivity index (χ1v) is 5.12. The lowest BCUT2D eigenvalue weighted by Crippen LogP contribution is -2.73. The molecule has 2 rings (SSSR count). The van der Waals surface area contributed by atoms with Crippen molar-refractivity contribution in [1.29, 1.82) is 0 Å². The van der Waals surface area contributed by atoms with Crippen molar-refractivity contribution in [3.8, 4) is 0 Å². The number of rotatable bonds is 2. The lowest BCUT2D eigenvalue weighted by Gasteiger charge is -2.46. The molecule has 2 heterocycles. The van der Waals surface area contributed by atoms with E-state index in [-0.39, 0.29) is 17.7 Å². The van der Waals surface area contributed by atoms with Gasteiger partial charge in [-0.1, -0.05) is 13.8 Å². The summed E-state index contributed by atoms with van der Waals surface area (Å²) < 4.78 is 4.94. The first kappa shape index (κ1) is 10.4. The molecular weight excluding hydrogens is 198 g/mol. The van der Waals surface area contributed by atoms with E-state index in [4.69, 9.17) is 4.74 Å². The fourth-order valence-electron chi connectivity index (χ4n) is 2.33. The number of carbonyl (C=O) groups is 2. The Hall–Kier alpha value is -1.10. The molecule has 2 aliphatic rings. The van der Waals surface area contributed by atoms with Gasteiger partial charge in [0, 0.05) is 0 Å². The quantitative estimate of drug-likeness (QED) is 0.602. The van der Waals surface area contributed by atoms with Crippen molar-refractivity contribution in [2.75, 3.05) is 0 Å². The van der Waals surface area contributed by atoms with E-state index < -0.39 is 23.7 Å². The predicted molar refractivity (Wildman–Crippen MR) is 50.8 cm³/mol. The van der Waals surface area contributed by atoms with E-state index in [0.29, 0.717) is 0 Å². The molecule has 2 fully saturated rings. The third kappa shape index (κ3) is 1.07. The molecule has 4 atom stereocenters. The highest BCUT2D eigenvalue weighted by atomic mass is 16.6. The van der Waals surface area contributed by atoms with E-state index in [9.17, 15) is 14.7 Å². The lowest BCUT2D eigenvalue weighted by atomic mass is 9.76. The Bertz CT molecular complexity index is 327. The third-order valence-corrected chi connectivity index (χ3v) is 3.32. The highest BCUT2D eigenvalue weighted by Crippen LogP contribution is 2.42. The first-order chi connectivity index (χ1) is 6.91. The SMILES string of the molecule is CC(C)C(O)C12NC(=O)[C@@H](C)C1OC2=O. The molecule has 15 heavy (non-hydrogen) atoms. The molecule has 0 saturated carbocycles. The molecule has 2 N–H and O–H groups in total. The van der Waals surface area contributed by atoms with Crippen LogP contribution in [0, 0.1) is 11.8 Å². The molecule has 5 heteroatoms. The Morgan fingerprint density at radius 3 is 2.47 bits per heavy atom. The maximum Gasteiger partial charge on any atom is 0.338 e. The van der Waals surface area contributed by atoms with E-state index in [0.717, 1.165) is 0 Å². The zero-order valence-electron chi connectivity index (χ0n) is 8.98. The van der Waals surface area contributed by atoms with Gasteiger partial charge in [0.25, 0.3) is 0 Å². The molecule has 0 aromatic heterocycles. The second-order valence-electron chi connectivity index (χ2n) is 4.66. The molecule has 2 aliphatic heterocycles. The van der Waals surface area contributed by atoms with Crippen LogP contribution in [0.3, 0.4) is 0 Å². The lowest BCUT2D eigenvalue weighted by molar-refractivity contribution is -0.206. The van der Waals surface area contributed by atoms with Gasteiger partial charge in [-0.2, -0.15) is 0 Å². The van der Waals surface area contributed by atoms with E-state index in [1.165, 1.54) is 0 Å². The van der Waals surface area contributed by atoms with Crippen LogP contribution in [0.15, 0.2) is 0 Å². The molecule has 0 aromatic carbocycles. The highest BCUT2D eigenvalue weighted by Gasteiger charge is 2.70. The van der Waals surface area contributed by atoms with Gasteiger partial charge in [0.2, 0.25) is 11.4 Å². The van der Waals surface area contributed by atoms with E-state index in [1.54, 1.807) is 20.8 Å². The summed E-state index contributed by atoms with van der Waals surface area (Å²) in [4.78, 5) is 22.9. The second-order valence-corrected chi connectivity index (χ2v) is 4.66. The van der Waals surface area contributed by atoms with Crippen LogP contribution in [0.25, 0.3) is 0 Å². The van der Waals surface area contributed by atoms with E-state index >= 15 is 0 Å². The minimum atomic E-state index is -1.19. The third-order valence-electron chi connectivity index (χ3n) is 3.32. The predicted octanol–water partition coefficient (Wildman–Crippen LogP) is -0.567. The number of hydrogen-bond acceptors (Lipinski definition) is 4. The van der Waals surface area contributed by atoms with E-state index in [1.807, 2.05) is 0 Å². The molecule has 0 spiro atoms. The smallest absolute Gasteiger partial charge is 0.338 e.